The Bertz CT molecular complexity index is 346. The fourth-order valence-electron chi connectivity index (χ4n) is 1.21. The van der Waals surface area contributed by atoms with Crippen LogP contribution in [0.1, 0.15) is 24.2 Å². The van der Waals surface area contributed by atoms with E-state index in [0.29, 0.717) is 24.7 Å². The summed E-state index contributed by atoms with van der Waals surface area (Å²) in [5.41, 5.74) is 0.0165. The summed E-state index contributed by atoms with van der Waals surface area (Å²) in [4.78, 5) is 10.8. The van der Waals surface area contributed by atoms with E-state index in [9.17, 15) is 9.90 Å². The lowest BCUT2D eigenvalue weighted by Gasteiger charge is -2.12. The smallest absolute Gasteiger partial charge is 0.128 e. The Morgan fingerprint density at radius 3 is 2.47 bits per heavy atom. The molecule has 82 valence electrons. The van der Waals surface area contributed by atoms with Crippen molar-refractivity contribution in [3.63, 3.8) is 0 Å². The van der Waals surface area contributed by atoms with Crippen LogP contribution in [0.5, 0.6) is 11.5 Å². The summed E-state index contributed by atoms with van der Waals surface area (Å²) in [5, 5.41) is 10.8. The fourth-order valence-corrected chi connectivity index (χ4v) is 1.21. The maximum absolute atomic E-state index is 10.8. The highest BCUT2D eigenvalue weighted by atomic mass is 16.5. The molecule has 0 aliphatic carbocycles. The van der Waals surface area contributed by atoms with Crippen LogP contribution in [0.3, 0.4) is 0 Å². The number of hydrogen-bond donors (Lipinski definition) is 0. The van der Waals surface area contributed by atoms with Gasteiger partial charge in [0.25, 0.3) is 0 Å². The van der Waals surface area contributed by atoms with Gasteiger partial charge < -0.3 is 19.4 Å². The molecule has 0 fully saturated rings. The van der Waals surface area contributed by atoms with Gasteiger partial charge in [0.05, 0.1) is 19.2 Å². The van der Waals surface area contributed by atoms with E-state index in [4.69, 9.17) is 9.47 Å². The predicted octanol–water partition coefficient (Wildman–Crippen LogP) is 0.847. The first kappa shape index (κ1) is 11.4. The molecule has 0 saturated heterocycles. The zero-order valence-corrected chi connectivity index (χ0v) is 8.78. The highest BCUT2D eigenvalue weighted by molar-refractivity contribution is 5.89. The van der Waals surface area contributed by atoms with Crippen LogP contribution < -0.4 is 14.6 Å². The second kappa shape index (κ2) is 5.24. The van der Waals surface area contributed by atoms with Gasteiger partial charge in [-0.15, -0.1) is 0 Å². The van der Waals surface area contributed by atoms with Crippen LogP contribution >= 0.6 is 0 Å². The lowest BCUT2D eigenvalue weighted by Crippen LogP contribution is -2.23. The number of ether oxygens (including phenoxy) is 2. The number of carboxylic acids is 1. The summed E-state index contributed by atoms with van der Waals surface area (Å²) in [7, 11) is 0. The molecule has 0 aromatic heterocycles. The van der Waals surface area contributed by atoms with Crippen molar-refractivity contribution in [1.29, 1.82) is 0 Å². The molecular weight excluding hydrogens is 196 g/mol. The Morgan fingerprint density at radius 1 is 1.27 bits per heavy atom. The third kappa shape index (κ3) is 2.87. The van der Waals surface area contributed by atoms with Crippen molar-refractivity contribution in [3.8, 4) is 11.5 Å². The van der Waals surface area contributed by atoms with Gasteiger partial charge in [0.2, 0.25) is 0 Å². The highest BCUT2D eigenvalue weighted by Gasteiger charge is 2.06. The average molecular weight is 209 g/mol. The summed E-state index contributed by atoms with van der Waals surface area (Å²) >= 11 is 0. The number of aromatic carboxylic acids is 1. The Kier molecular flexibility index (Phi) is 3.97. The number of carboxylic acid groups (broad SMARTS) is 1. The van der Waals surface area contributed by atoms with Crippen LogP contribution in [0.4, 0.5) is 0 Å². The van der Waals surface area contributed by atoms with Crippen molar-refractivity contribution < 1.29 is 19.4 Å². The first-order chi connectivity index (χ1) is 7.19. The third-order valence-electron chi connectivity index (χ3n) is 1.78. The van der Waals surface area contributed by atoms with E-state index in [2.05, 4.69) is 0 Å². The molecule has 0 bridgehead atoms. The predicted molar refractivity (Wildman–Crippen MR) is 53.1 cm³/mol. The van der Waals surface area contributed by atoms with Crippen molar-refractivity contribution in [3.05, 3.63) is 23.8 Å². The lowest BCUT2D eigenvalue weighted by molar-refractivity contribution is -0.255. The number of carbonyl (C=O) groups is 1. The van der Waals surface area contributed by atoms with Crippen LogP contribution in [0.2, 0.25) is 0 Å². The minimum Gasteiger partial charge on any atom is -0.545 e. The molecule has 0 spiro atoms. The second-order valence-electron chi connectivity index (χ2n) is 2.81. The number of benzene rings is 1. The van der Waals surface area contributed by atoms with E-state index < -0.39 is 5.97 Å². The normalized spacial score (nSPS) is 9.73. The van der Waals surface area contributed by atoms with Crippen LogP contribution in [0, 0.1) is 0 Å². The maximum Gasteiger partial charge on any atom is 0.128 e. The van der Waals surface area contributed by atoms with Gasteiger partial charge in [-0.05, 0) is 32.0 Å². The van der Waals surface area contributed by atoms with E-state index in [1.807, 2.05) is 6.92 Å². The van der Waals surface area contributed by atoms with Crippen LogP contribution in [-0.2, 0) is 0 Å². The topological polar surface area (TPSA) is 58.6 Å². The Balaban J connectivity index is 3.03. The summed E-state index contributed by atoms with van der Waals surface area (Å²) in [6, 6.07) is 4.64. The molecule has 4 heteroatoms. The molecular formula is C11H13O4-. The van der Waals surface area contributed by atoms with Gasteiger partial charge in [-0.3, -0.25) is 0 Å². The maximum atomic E-state index is 10.8. The molecule has 1 rings (SSSR count). The Morgan fingerprint density at radius 2 is 1.93 bits per heavy atom. The highest BCUT2D eigenvalue weighted by Crippen LogP contribution is 2.23. The molecule has 0 aliphatic rings. The van der Waals surface area contributed by atoms with E-state index in [1.54, 1.807) is 19.1 Å². The molecule has 0 radical (unpaired) electrons. The molecule has 0 atom stereocenters. The summed E-state index contributed by atoms with van der Waals surface area (Å²) in [5.74, 6) is -0.457. The SMILES string of the molecule is CCOc1ccc(OCC)c(C(=O)[O-])c1. The molecule has 0 saturated carbocycles. The van der Waals surface area contributed by atoms with E-state index in [-0.39, 0.29) is 5.56 Å². The molecule has 0 N–H and O–H groups in total. The average Bonchev–Trinajstić information content (AvgIpc) is 2.21. The van der Waals surface area contributed by atoms with Crippen molar-refractivity contribution >= 4 is 5.97 Å². The van der Waals surface area contributed by atoms with E-state index in [1.165, 1.54) is 6.07 Å². The molecule has 0 heterocycles. The van der Waals surface area contributed by atoms with E-state index >= 15 is 0 Å². The molecule has 15 heavy (non-hydrogen) atoms. The van der Waals surface area contributed by atoms with Gasteiger partial charge in [0.15, 0.2) is 0 Å². The summed E-state index contributed by atoms with van der Waals surface area (Å²) < 4.78 is 10.3. The van der Waals surface area contributed by atoms with Crippen molar-refractivity contribution in [2.45, 2.75) is 13.8 Å². The number of rotatable bonds is 5. The van der Waals surface area contributed by atoms with Crippen LogP contribution in [0.25, 0.3) is 0 Å². The number of hydrogen-bond acceptors (Lipinski definition) is 4. The molecule has 1 aromatic carbocycles. The first-order valence-corrected chi connectivity index (χ1v) is 4.80. The molecule has 0 unspecified atom stereocenters. The molecule has 0 aliphatic heterocycles. The lowest BCUT2D eigenvalue weighted by atomic mass is 10.2. The van der Waals surface area contributed by atoms with Crippen molar-refractivity contribution in [2.24, 2.45) is 0 Å². The summed E-state index contributed by atoms with van der Waals surface area (Å²) in [6.07, 6.45) is 0. The van der Waals surface area contributed by atoms with Gasteiger partial charge in [-0.25, -0.2) is 0 Å². The molecule has 4 nitrogen and oxygen atoms in total. The largest absolute Gasteiger partial charge is 0.545 e. The minimum absolute atomic E-state index is 0.0165. The van der Waals surface area contributed by atoms with Crippen molar-refractivity contribution in [2.75, 3.05) is 13.2 Å². The summed E-state index contributed by atoms with van der Waals surface area (Å²) in [6.45, 7) is 4.51. The van der Waals surface area contributed by atoms with Crippen LogP contribution in [0.15, 0.2) is 18.2 Å². The minimum atomic E-state index is -1.26. The van der Waals surface area contributed by atoms with Gasteiger partial charge in [0, 0.05) is 5.56 Å². The van der Waals surface area contributed by atoms with Gasteiger partial charge in [0.1, 0.15) is 11.5 Å². The Labute approximate surface area is 88.4 Å². The van der Waals surface area contributed by atoms with E-state index in [0.717, 1.165) is 0 Å². The monoisotopic (exact) mass is 209 g/mol. The first-order valence-electron chi connectivity index (χ1n) is 4.80. The zero-order chi connectivity index (χ0) is 11.3. The van der Waals surface area contributed by atoms with Gasteiger partial charge >= 0.3 is 0 Å². The molecule has 0 amide bonds. The Hall–Kier alpha value is -1.71. The zero-order valence-electron chi connectivity index (χ0n) is 8.78. The third-order valence-corrected chi connectivity index (χ3v) is 1.78. The van der Waals surface area contributed by atoms with Crippen molar-refractivity contribution in [1.82, 2.24) is 0 Å². The van der Waals surface area contributed by atoms with Gasteiger partial charge in [-0.1, -0.05) is 0 Å². The fraction of sp³-hybridized carbons (Fsp3) is 0.364. The standard InChI is InChI=1S/C11H14O4/c1-3-14-8-5-6-10(15-4-2)9(7-8)11(12)13/h5-7H,3-4H2,1-2H3,(H,12,13)/p-1. The van der Waals surface area contributed by atoms with Crippen LogP contribution in [-0.4, -0.2) is 19.2 Å². The van der Waals surface area contributed by atoms with Gasteiger partial charge in [-0.2, -0.15) is 0 Å². The molecule has 1 aromatic rings. The quantitative estimate of drug-likeness (QED) is 0.721. The number of carbonyl (C=O) groups excluding carboxylic acids is 1. The second-order valence-corrected chi connectivity index (χ2v) is 2.81.